The Morgan fingerprint density at radius 1 is 1.22 bits per heavy atom. The van der Waals surface area contributed by atoms with E-state index in [2.05, 4.69) is 17.4 Å². The number of sulfonamides is 1. The highest BCUT2D eigenvalue weighted by atomic mass is 32.2. The van der Waals surface area contributed by atoms with Crippen molar-refractivity contribution in [2.75, 3.05) is 25.9 Å². The highest BCUT2D eigenvalue weighted by Crippen LogP contribution is 2.18. The van der Waals surface area contributed by atoms with Crippen LogP contribution < -0.4 is 5.32 Å². The van der Waals surface area contributed by atoms with Gasteiger partial charge in [-0.2, -0.15) is 0 Å². The van der Waals surface area contributed by atoms with E-state index in [9.17, 15) is 13.2 Å². The molecule has 2 rings (SSSR count). The van der Waals surface area contributed by atoms with Gasteiger partial charge in [0, 0.05) is 26.1 Å². The van der Waals surface area contributed by atoms with E-state index in [0.717, 1.165) is 25.7 Å². The van der Waals surface area contributed by atoms with E-state index in [4.69, 9.17) is 0 Å². The van der Waals surface area contributed by atoms with E-state index in [1.54, 1.807) is 0 Å². The predicted octanol–water partition coefficient (Wildman–Crippen LogP) is 1.80. The largest absolute Gasteiger partial charge is 0.356 e. The third-order valence-electron chi connectivity index (χ3n) is 4.34. The summed E-state index contributed by atoms with van der Waals surface area (Å²) in [6.45, 7) is 1.78. The molecule has 0 saturated carbocycles. The number of nitrogens with one attached hydrogen (secondary N) is 1. The maximum absolute atomic E-state index is 11.9. The Labute approximate surface area is 139 Å². The maximum Gasteiger partial charge on any atom is 0.220 e. The number of carbonyl (C=O) groups is 1. The highest BCUT2D eigenvalue weighted by Gasteiger charge is 2.24. The van der Waals surface area contributed by atoms with Gasteiger partial charge in [0.15, 0.2) is 0 Å². The SMILES string of the molecule is CS(=O)(=O)N1CCC(CNC(=O)CCCc2ccccc2)CC1. The predicted molar refractivity (Wildman–Crippen MR) is 91.5 cm³/mol. The van der Waals surface area contributed by atoms with Gasteiger partial charge in [-0.15, -0.1) is 0 Å². The van der Waals surface area contributed by atoms with Crippen LogP contribution in [-0.2, 0) is 21.2 Å². The van der Waals surface area contributed by atoms with Crippen molar-refractivity contribution in [2.24, 2.45) is 5.92 Å². The molecule has 1 aromatic carbocycles. The molecule has 1 fully saturated rings. The van der Waals surface area contributed by atoms with Gasteiger partial charge in [-0.25, -0.2) is 12.7 Å². The molecule has 5 nitrogen and oxygen atoms in total. The molecule has 0 aliphatic carbocycles. The van der Waals surface area contributed by atoms with Gasteiger partial charge >= 0.3 is 0 Å². The standard InChI is InChI=1S/C17H26N2O3S/c1-23(21,22)19-12-10-16(11-13-19)14-18-17(20)9-5-8-15-6-3-2-4-7-15/h2-4,6-7,16H,5,8-14H2,1H3,(H,18,20). The zero-order valence-electron chi connectivity index (χ0n) is 13.7. The van der Waals surface area contributed by atoms with Crippen molar-refractivity contribution in [3.8, 4) is 0 Å². The van der Waals surface area contributed by atoms with Gasteiger partial charge in [-0.3, -0.25) is 4.79 Å². The van der Waals surface area contributed by atoms with Crippen LogP contribution in [0.1, 0.15) is 31.2 Å². The summed E-state index contributed by atoms with van der Waals surface area (Å²) in [5, 5.41) is 2.99. The number of hydrogen-bond donors (Lipinski definition) is 1. The lowest BCUT2D eigenvalue weighted by atomic mass is 9.98. The fraction of sp³-hybridized carbons (Fsp3) is 0.588. The van der Waals surface area contributed by atoms with Crippen molar-refractivity contribution in [3.63, 3.8) is 0 Å². The molecule has 128 valence electrons. The lowest BCUT2D eigenvalue weighted by Gasteiger charge is -2.30. The first kappa shape index (κ1) is 17.9. The number of carbonyl (C=O) groups excluding carboxylic acids is 1. The smallest absolute Gasteiger partial charge is 0.220 e. The summed E-state index contributed by atoms with van der Waals surface area (Å²) in [7, 11) is -3.07. The molecule has 1 heterocycles. The van der Waals surface area contributed by atoms with Crippen molar-refractivity contribution in [1.82, 2.24) is 9.62 Å². The summed E-state index contributed by atoms with van der Waals surface area (Å²) in [6, 6.07) is 10.2. The molecular formula is C17H26N2O3S. The van der Waals surface area contributed by atoms with E-state index in [1.165, 1.54) is 16.1 Å². The number of hydrogen-bond acceptors (Lipinski definition) is 3. The van der Waals surface area contributed by atoms with E-state index >= 15 is 0 Å². The third-order valence-corrected chi connectivity index (χ3v) is 5.65. The lowest BCUT2D eigenvalue weighted by Crippen LogP contribution is -2.41. The second-order valence-corrected chi connectivity index (χ2v) is 8.23. The molecule has 1 amide bonds. The van der Waals surface area contributed by atoms with Crippen LogP contribution >= 0.6 is 0 Å². The fourth-order valence-electron chi connectivity index (χ4n) is 2.89. The minimum Gasteiger partial charge on any atom is -0.356 e. The highest BCUT2D eigenvalue weighted by molar-refractivity contribution is 7.88. The Hall–Kier alpha value is -1.40. The molecule has 0 atom stereocenters. The second kappa shape index (κ2) is 8.45. The molecular weight excluding hydrogens is 312 g/mol. The number of benzene rings is 1. The molecule has 0 spiro atoms. The molecule has 0 aromatic heterocycles. The number of amides is 1. The van der Waals surface area contributed by atoms with Crippen LogP contribution in [0.15, 0.2) is 30.3 Å². The molecule has 1 saturated heterocycles. The van der Waals surface area contributed by atoms with Crippen molar-refractivity contribution in [3.05, 3.63) is 35.9 Å². The molecule has 0 unspecified atom stereocenters. The normalized spacial score (nSPS) is 17.1. The molecule has 1 aliphatic heterocycles. The number of aryl methyl sites for hydroxylation is 1. The summed E-state index contributed by atoms with van der Waals surface area (Å²) in [5.41, 5.74) is 1.26. The van der Waals surface area contributed by atoms with Crippen LogP contribution in [0.4, 0.5) is 0 Å². The fourth-order valence-corrected chi connectivity index (χ4v) is 3.76. The van der Waals surface area contributed by atoms with Gasteiger partial charge in [0.2, 0.25) is 15.9 Å². The molecule has 0 bridgehead atoms. The minimum atomic E-state index is -3.07. The average molecular weight is 338 g/mol. The summed E-state index contributed by atoms with van der Waals surface area (Å²) in [6.07, 6.45) is 5.19. The first-order valence-corrected chi connectivity index (χ1v) is 10.1. The summed E-state index contributed by atoms with van der Waals surface area (Å²) in [4.78, 5) is 11.9. The van der Waals surface area contributed by atoms with Crippen LogP contribution in [0, 0.1) is 5.92 Å². The van der Waals surface area contributed by atoms with Gasteiger partial charge in [-0.05, 0) is 37.2 Å². The Morgan fingerprint density at radius 3 is 2.48 bits per heavy atom. The number of piperidine rings is 1. The average Bonchev–Trinajstić information content (AvgIpc) is 2.53. The quantitative estimate of drug-likeness (QED) is 0.824. The van der Waals surface area contributed by atoms with Gasteiger partial charge in [0.25, 0.3) is 0 Å². The van der Waals surface area contributed by atoms with Gasteiger partial charge in [0.05, 0.1) is 6.26 Å². The van der Waals surface area contributed by atoms with Gasteiger partial charge in [0.1, 0.15) is 0 Å². The Bertz CT molecular complexity index is 594. The van der Waals surface area contributed by atoms with Crippen molar-refractivity contribution in [2.45, 2.75) is 32.1 Å². The molecule has 23 heavy (non-hydrogen) atoms. The lowest BCUT2D eigenvalue weighted by molar-refractivity contribution is -0.121. The minimum absolute atomic E-state index is 0.0893. The Balaban J connectivity index is 1.60. The molecule has 0 radical (unpaired) electrons. The van der Waals surface area contributed by atoms with Crippen molar-refractivity contribution in [1.29, 1.82) is 0 Å². The van der Waals surface area contributed by atoms with E-state index in [0.29, 0.717) is 32.0 Å². The number of nitrogens with zero attached hydrogens (tertiary/aromatic N) is 1. The summed E-state index contributed by atoms with van der Waals surface area (Å²) >= 11 is 0. The second-order valence-electron chi connectivity index (χ2n) is 6.25. The maximum atomic E-state index is 11.9. The van der Waals surface area contributed by atoms with E-state index in [1.807, 2.05) is 18.2 Å². The first-order chi connectivity index (χ1) is 10.9. The van der Waals surface area contributed by atoms with Crippen molar-refractivity contribution < 1.29 is 13.2 Å². The van der Waals surface area contributed by atoms with Crippen LogP contribution in [0.3, 0.4) is 0 Å². The zero-order valence-corrected chi connectivity index (χ0v) is 14.5. The van der Waals surface area contributed by atoms with Crippen LogP contribution in [0.2, 0.25) is 0 Å². The van der Waals surface area contributed by atoms with E-state index < -0.39 is 10.0 Å². The summed E-state index contributed by atoms with van der Waals surface area (Å²) < 4.78 is 24.4. The van der Waals surface area contributed by atoms with Crippen LogP contribution in [0.25, 0.3) is 0 Å². The van der Waals surface area contributed by atoms with Gasteiger partial charge < -0.3 is 5.32 Å². The third kappa shape index (κ3) is 6.31. The molecule has 6 heteroatoms. The monoisotopic (exact) mass is 338 g/mol. The first-order valence-electron chi connectivity index (χ1n) is 8.21. The Kier molecular flexibility index (Phi) is 6.59. The molecule has 1 aromatic rings. The van der Waals surface area contributed by atoms with Crippen molar-refractivity contribution >= 4 is 15.9 Å². The summed E-state index contributed by atoms with van der Waals surface area (Å²) in [5.74, 6) is 0.470. The Morgan fingerprint density at radius 2 is 1.87 bits per heavy atom. The topological polar surface area (TPSA) is 66.5 Å². The zero-order chi connectivity index (χ0) is 16.7. The van der Waals surface area contributed by atoms with Crippen LogP contribution in [0.5, 0.6) is 0 Å². The van der Waals surface area contributed by atoms with Crippen LogP contribution in [-0.4, -0.2) is 44.5 Å². The molecule has 1 N–H and O–H groups in total. The number of rotatable bonds is 7. The van der Waals surface area contributed by atoms with E-state index in [-0.39, 0.29) is 5.91 Å². The van der Waals surface area contributed by atoms with Gasteiger partial charge in [-0.1, -0.05) is 30.3 Å². The molecule has 1 aliphatic rings.